The minimum absolute atomic E-state index is 0.132. The van der Waals surface area contributed by atoms with Gasteiger partial charge in [0.1, 0.15) is 12.4 Å². The molecule has 0 saturated heterocycles. The Kier molecular flexibility index (Phi) is 4.55. The number of nitrogens with one attached hydrogen (secondary N) is 1. The Morgan fingerprint density at radius 3 is 2.48 bits per heavy atom. The maximum atomic E-state index is 12.0. The molecule has 1 unspecified atom stereocenters. The van der Waals surface area contributed by atoms with E-state index in [1.54, 1.807) is 36.7 Å². The zero-order valence-corrected chi connectivity index (χ0v) is 12.0. The summed E-state index contributed by atoms with van der Waals surface area (Å²) < 4.78 is 5.46. The van der Waals surface area contributed by atoms with Crippen LogP contribution in [0.15, 0.2) is 48.8 Å². The Morgan fingerprint density at radius 2 is 1.86 bits per heavy atom. The summed E-state index contributed by atoms with van der Waals surface area (Å²) in [5.74, 6) is 0.0818. The van der Waals surface area contributed by atoms with Crippen LogP contribution in [0.1, 0.15) is 12.5 Å². The zero-order valence-electron chi connectivity index (χ0n) is 12.0. The van der Waals surface area contributed by atoms with Gasteiger partial charge in [-0.25, -0.2) is 0 Å². The van der Waals surface area contributed by atoms with E-state index in [2.05, 4.69) is 10.3 Å². The van der Waals surface area contributed by atoms with Gasteiger partial charge in [-0.2, -0.15) is 0 Å². The van der Waals surface area contributed by atoms with Crippen molar-refractivity contribution >= 4 is 11.6 Å². The number of aryl methyl sites for hydroxylation is 1. The molecule has 0 aliphatic heterocycles. The Labute approximate surface area is 123 Å². The number of carbonyl (C=O) groups excluding carboxylic acids is 1. The number of ether oxygens (including phenoxy) is 1. The van der Waals surface area contributed by atoms with E-state index >= 15 is 0 Å². The molecule has 0 aliphatic rings. The fraction of sp³-hybridized carbons (Fsp3) is 0.250. The van der Waals surface area contributed by atoms with Crippen LogP contribution in [0.4, 0.5) is 5.69 Å². The van der Waals surface area contributed by atoms with E-state index in [1.165, 1.54) is 6.92 Å². The molecule has 0 aliphatic carbocycles. The molecule has 0 bridgehead atoms. The van der Waals surface area contributed by atoms with Crippen LogP contribution in [0, 0.1) is 6.92 Å². The lowest BCUT2D eigenvalue weighted by molar-refractivity contribution is -0.135. The van der Waals surface area contributed by atoms with Crippen molar-refractivity contribution in [2.45, 2.75) is 19.4 Å². The van der Waals surface area contributed by atoms with Crippen LogP contribution in [-0.4, -0.2) is 28.2 Å². The van der Waals surface area contributed by atoms with Gasteiger partial charge in [-0.1, -0.05) is 17.7 Å². The van der Waals surface area contributed by atoms with Crippen molar-refractivity contribution in [1.29, 1.82) is 0 Å². The van der Waals surface area contributed by atoms with Gasteiger partial charge in [0.25, 0.3) is 5.91 Å². The molecular weight excluding hydrogens is 268 g/mol. The lowest BCUT2D eigenvalue weighted by atomic mass is 10.1. The van der Waals surface area contributed by atoms with Gasteiger partial charge in [0.05, 0.1) is 0 Å². The number of aliphatic hydroxyl groups is 1. The third-order valence-electron chi connectivity index (χ3n) is 2.97. The van der Waals surface area contributed by atoms with E-state index in [9.17, 15) is 9.90 Å². The monoisotopic (exact) mass is 286 g/mol. The molecule has 1 atom stereocenters. The largest absolute Gasteiger partial charge is 0.490 e. The van der Waals surface area contributed by atoms with Crippen LogP contribution in [0.2, 0.25) is 0 Å². The number of rotatable bonds is 5. The first-order valence-electron chi connectivity index (χ1n) is 6.61. The molecule has 1 aromatic carbocycles. The summed E-state index contributed by atoms with van der Waals surface area (Å²) in [5, 5.41) is 12.8. The molecule has 1 amide bonds. The minimum Gasteiger partial charge on any atom is -0.490 e. The highest BCUT2D eigenvalue weighted by Crippen LogP contribution is 2.15. The summed E-state index contributed by atoms with van der Waals surface area (Å²) in [6.07, 6.45) is 3.13. The number of carbonyl (C=O) groups is 1. The predicted molar refractivity (Wildman–Crippen MR) is 80.2 cm³/mol. The Balaban J connectivity index is 1.94. The number of anilines is 1. The Hall–Kier alpha value is -2.40. The van der Waals surface area contributed by atoms with Crippen LogP contribution in [0.3, 0.4) is 0 Å². The number of nitrogens with zero attached hydrogens (tertiary/aromatic N) is 1. The Bertz CT molecular complexity index is 595. The summed E-state index contributed by atoms with van der Waals surface area (Å²) in [6, 6.07) is 10.7. The number of benzene rings is 1. The summed E-state index contributed by atoms with van der Waals surface area (Å²) in [5.41, 5.74) is 0.0592. The third-order valence-corrected chi connectivity index (χ3v) is 2.97. The number of pyridine rings is 1. The number of amides is 1. The topological polar surface area (TPSA) is 71.5 Å². The quantitative estimate of drug-likeness (QED) is 0.883. The van der Waals surface area contributed by atoms with Gasteiger partial charge < -0.3 is 15.2 Å². The second-order valence-corrected chi connectivity index (χ2v) is 5.07. The lowest BCUT2D eigenvalue weighted by Crippen LogP contribution is -2.45. The highest BCUT2D eigenvalue weighted by atomic mass is 16.5. The average molecular weight is 286 g/mol. The molecule has 5 nitrogen and oxygen atoms in total. The highest BCUT2D eigenvalue weighted by Gasteiger charge is 2.31. The van der Waals surface area contributed by atoms with Crippen molar-refractivity contribution in [1.82, 2.24) is 4.98 Å². The first-order valence-corrected chi connectivity index (χ1v) is 6.61. The molecule has 0 saturated carbocycles. The fourth-order valence-electron chi connectivity index (χ4n) is 1.62. The summed E-state index contributed by atoms with van der Waals surface area (Å²) in [4.78, 5) is 15.9. The molecule has 110 valence electrons. The van der Waals surface area contributed by atoms with Crippen LogP contribution in [-0.2, 0) is 4.79 Å². The molecule has 2 N–H and O–H groups in total. The molecule has 0 fully saturated rings. The van der Waals surface area contributed by atoms with E-state index in [0.717, 1.165) is 5.56 Å². The SMILES string of the molecule is Cc1ccc(OCC(C)(O)C(=O)Nc2ccncc2)cc1. The molecule has 5 heteroatoms. The van der Waals surface area contributed by atoms with Gasteiger partial charge in [0.15, 0.2) is 5.60 Å². The molecule has 0 radical (unpaired) electrons. The van der Waals surface area contributed by atoms with Crippen molar-refractivity contribution in [3.63, 3.8) is 0 Å². The minimum atomic E-state index is -1.63. The molecular formula is C16H18N2O3. The normalized spacial score (nSPS) is 13.3. The van der Waals surface area contributed by atoms with Crippen LogP contribution >= 0.6 is 0 Å². The maximum Gasteiger partial charge on any atom is 0.259 e. The van der Waals surface area contributed by atoms with Gasteiger partial charge in [-0.3, -0.25) is 9.78 Å². The van der Waals surface area contributed by atoms with Gasteiger partial charge in [0.2, 0.25) is 0 Å². The van der Waals surface area contributed by atoms with Crippen molar-refractivity contribution in [3.05, 3.63) is 54.4 Å². The molecule has 2 rings (SSSR count). The van der Waals surface area contributed by atoms with E-state index in [-0.39, 0.29) is 6.61 Å². The highest BCUT2D eigenvalue weighted by molar-refractivity contribution is 5.96. The average Bonchev–Trinajstić information content (AvgIpc) is 2.48. The number of aromatic nitrogens is 1. The van der Waals surface area contributed by atoms with Gasteiger partial charge in [0, 0.05) is 18.1 Å². The summed E-state index contributed by atoms with van der Waals surface area (Å²) >= 11 is 0. The lowest BCUT2D eigenvalue weighted by Gasteiger charge is -2.22. The summed E-state index contributed by atoms with van der Waals surface area (Å²) in [6.45, 7) is 3.26. The van der Waals surface area contributed by atoms with Gasteiger partial charge in [-0.15, -0.1) is 0 Å². The van der Waals surface area contributed by atoms with E-state index in [1.807, 2.05) is 19.1 Å². The molecule has 2 aromatic rings. The van der Waals surface area contributed by atoms with Crippen LogP contribution in [0.25, 0.3) is 0 Å². The van der Waals surface area contributed by atoms with Gasteiger partial charge >= 0.3 is 0 Å². The first-order chi connectivity index (χ1) is 9.97. The Morgan fingerprint density at radius 1 is 1.24 bits per heavy atom. The van der Waals surface area contributed by atoms with Crippen molar-refractivity contribution in [2.24, 2.45) is 0 Å². The first kappa shape index (κ1) is 15.0. The maximum absolute atomic E-state index is 12.0. The molecule has 1 aromatic heterocycles. The second kappa shape index (κ2) is 6.37. The van der Waals surface area contributed by atoms with Crippen molar-refractivity contribution < 1.29 is 14.6 Å². The predicted octanol–water partition coefficient (Wildman–Crippen LogP) is 2.16. The number of hydrogen-bond acceptors (Lipinski definition) is 4. The smallest absolute Gasteiger partial charge is 0.259 e. The second-order valence-electron chi connectivity index (χ2n) is 5.07. The molecule has 21 heavy (non-hydrogen) atoms. The molecule has 1 heterocycles. The number of hydrogen-bond donors (Lipinski definition) is 2. The zero-order chi connectivity index (χ0) is 15.3. The van der Waals surface area contributed by atoms with E-state index < -0.39 is 11.5 Å². The van der Waals surface area contributed by atoms with Crippen molar-refractivity contribution in [3.8, 4) is 5.75 Å². The van der Waals surface area contributed by atoms with Crippen LogP contribution < -0.4 is 10.1 Å². The standard InChI is InChI=1S/C16H18N2O3/c1-12-3-5-14(6-4-12)21-11-16(2,20)15(19)18-13-7-9-17-10-8-13/h3-10,20H,11H2,1-2H3,(H,17,18,19). The fourth-order valence-corrected chi connectivity index (χ4v) is 1.62. The van der Waals surface area contributed by atoms with Crippen molar-refractivity contribution in [2.75, 3.05) is 11.9 Å². The van der Waals surface area contributed by atoms with Crippen LogP contribution in [0.5, 0.6) is 5.75 Å². The molecule has 0 spiro atoms. The summed E-state index contributed by atoms with van der Waals surface area (Å²) in [7, 11) is 0. The van der Waals surface area contributed by atoms with E-state index in [0.29, 0.717) is 11.4 Å². The third kappa shape index (κ3) is 4.29. The van der Waals surface area contributed by atoms with Gasteiger partial charge in [-0.05, 0) is 38.1 Å². The van der Waals surface area contributed by atoms with E-state index in [4.69, 9.17) is 4.74 Å².